The molecule has 0 fully saturated rings. The Hall–Kier alpha value is -1.61. The van der Waals surface area contributed by atoms with Crippen molar-refractivity contribution in [1.29, 1.82) is 0 Å². The molecule has 0 saturated heterocycles. The van der Waals surface area contributed by atoms with E-state index in [-0.39, 0.29) is 6.04 Å². The van der Waals surface area contributed by atoms with Crippen molar-refractivity contribution in [1.82, 2.24) is 9.78 Å². The van der Waals surface area contributed by atoms with Gasteiger partial charge in [-0.15, -0.1) is 0 Å². The molecule has 1 heterocycles. The summed E-state index contributed by atoms with van der Waals surface area (Å²) >= 11 is 0. The zero-order chi connectivity index (χ0) is 13.9. The SMILES string of the molecule is CC(N)Cc1cnn(CC2CCCc3ccccc32)c1. The quantitative estimate of drug-likeness (QED) is 0.927. The first-order valence-corrected chi connectivity index (χ1v) is 7.57. The molecule has 2 unspecified atom stereocenters. The van der Waals surface area contributed by atoms with E-state index in [0.717, 1.165) is 13.0 Å². The van der Waals surface area contributed by atoms with Crippen LogP contribution < -0.4 is 5.73 Å². The number of rotatable bonds is 4. The first kappa shape index (κ1) is 13.4. The third-order valence-corrected chi connectivity index (χ3v) is 4.15. The molecular weight excluding hydrogens is 246 g/mol. The normalized spacial score (nSPS) is 19.6. The molecule has 0 bridgehead atoms. The summed E-state index contributed by atoms with van der Waals surface area (Å²) in [4.78, 5) is 0. The molecule has 3 rings (SSSR count). The number of hydrogen-bond acceptors (Lipinski definition) is 2. The summed E-state index contributed by atoms with van der Waals surface area (Å²) in [6, 6.07) is 9.05. The maximum atomic E-state index is 5.84. The van der Waals surface area contributed by atoms with Crippen LogP contribution in [0.25, 0.3) is 0 Å². The number of aryl methyl sites for hydroxylation is 1. The number of fused-ring (bicyclic) bond motifs is 1. The molecule has 106 valence electrons. The molecule has 2 aromatic rings. The van der Waals surface area contributed by atoms with Gasteiger partial charge in [0.1, 0.15) is 0 Å². The fourth-order valence-electron chi connectivity index (χ4n) is 3.25. The van der Waals surface area contributed by atoms with Crippen LogP contribution in [0, 0.1) is 0 Å². The van der Waals surface area contributed by atoms with Gasteiger partial charge < -0.3 is 5.73 Å². The summed E-state index contributed by atoms with van der Waals surface area (Å²) in [5, 5.41) is 4.50. The lowest BCUT2D eigenvalue weighted by Crippen LogP contribution is -2.17. The number of aromatic nitrogens is 2. The van der Waals surface area contributed by atoms with Gasteiger partial charge in [0.15, 0.2) is 0 Å². The van der Waals surface area contributed by atoms with Crippen molar-refractivity contribution in [3.8, 4) is 0 Å². The molecule has 1 aromatic carbocycles. The van der Waals surface area contributed by atoms with Crippen LogP contribution in [-0.4, -0.2) is 15.8 Å². The first-order chi connectivity index (χ1) is 9.72. The minimum absolute atomic E-state index is 0.197. The second-order valence-electron chi connectivity index (χ2n) is 6.04. The highest BCUT2D eigenvalue weighted by Gasteiger charge is 2.20. The van der Waals surface area contributed by atoms with Crippen molar-refractivity contribution in [3.63, 3.8) is 0 Å². The number of nitrogens with two attached hydrogens (primary N) is 1. The molecule has 0 radical (unpaired) electrons. The van der Waals surface area contributed by atoms with E-state index in [0.29, 0.717) is 5.92 Å². The lowest BCUT2D eigenvalue weighted by atomic mass is 9.83. The highest BCUT2D eigenvalue weighted by Crippen LogP contribution is 2.32. The fraction of sp³-hybridized carbons (Fsp3) is 0.471. The standard InChI is InChI=1S/C17H23N3/c1-13(18)9-14-10-19-20(11-14)12-16-7-4-6-15-5-2-3-8-17(15)16/h2-3,5,8,10-11,13,16H,4,6-7,9,12,18H2,1H3. The van der Waals surface area contributed by atoms with Crippen LogP contribution in [0.5, 0.6) is 0 Å². The lowest BCUT2D eigenvalue weighted by Gasteiger charge is -2.25. The van der Waals surface area contributed by atoms with Gasteiger partial charge in [0.25, 0.3) is 0 Å². The van der Waals surface area contributed by atoms with Gasteiger partial charge in [0, 0.05) is 24.7 Å². The highest BCUT2D eigenvalue weighted by molar-refractivity contribution is 5.32. The van der Waals surface area contributed by atoms with Gasteiger partial charge in [-0.2, -0.15) is 5.10 Å². The van der Waals surface area contributed by atoms with Crippen molar-refractivity contribution in [2.75, 3.05) is 0 Å². The van der Waals surface area contributed by atoms with Crippen LogP contribution in [0.4, 0.5) is 0 Å². The van der Waals surface area contributed by atoms with Crippen LogP contribution in [0.15, 0.2) is 36.7 Å². The second-order valence-corrected chi connectivity index (χ2v) is 6.04. The summed E-state index contributed by atoms with van der Waals surface area (Å²) in [6.45, 7) is 3.02. The number of benzene rings is 1. The fourth-order valence-corrected chi connectivity index (χ4v) is 3.25. The Labute approximate surface area is 120 Å². The van der Waals surface area contributed by atoms with E-state index in [1.807, 2.05) is 13.1 Å². The Morgan fingerprint density at radius 1 is 1.40 bits per heavy atom. The third kappa shape index (κ3) is 2.93. The van der Waals surface area contributed by atoms with Crippen LogP contribution in [0.1, 0.15) is 42.4 Å². The van der Waals surface area contributed by atoms with E-state index in [2.05, 4.69) is 40.2 Å². The molecule has 3 nitrogen and oxygen atoms in total. The maximum Gasteiger partial charge on any atom is 0.0522 e. The highest BCUT2D eigenvalue weighted by atomic mass is 15.3. The van der Waals surface area contributed by atoms with Gasteiger partial charge in [0.2, 0.25) is 0 Å². The summed E-state index contributed by atoms with van der Waals surface area (Å²) in [7, 11) is 0. The van der Waals surface area contributed by atoms with Crippen molar-refractivity contribution >= 4 is 0 Å². The van der Waals surface area contributed by atoms with Gasteiger partial charge in [-0.05, 0) is 49.3 Å². The van der Waals surface area contributed by atoms with E-state index >= 15 is 0 Å². The molecule has 2 N–H and O–H groups in total. The van der Waals surface area contributed by atoms with E-state index in [4.69, 9.17) is 5.73 Å². The number of nitrogens with zero attached hydrogens (tertiary/aromatic N) is 2. The monoisotopic (exact) mass is 269 g/mol. The molecule has 2 atom stereocenters. The van der Waals surface area contributed by atoms with Crippen molar-refractivity contribution in [2.24, 2.45) is 5.73 Å². The predicted octanol–water partition coefficient (Wildman–Crippen LogP) is 2.89. The predicted molar refractivity (Wildman–Crippen MR) is 81.7 cm³/mol. The largest absolute Gasteiger partial charge is 0.328 e. The van der Waals surface area contributed by atoms with E-state index in [1.165, 1.54) is 36.0 Å². The summed E-state index contributed by atoms with van der Waals surface area (Å²) in [5.74, 6) is 0.600. The average Bonchev–Trinajstić information content (AvgIpc) is 2.86. The second kappa shape index (κ2) is 5.80. The molecule has 1 aliphatic carbocycles. The topological polar surface area (TPSA) is 43.8 Å². The first-order valence-electron chi connectivity index (χ1n) is 7.57. The van der Waals surface area contributed by atoms with Crippen molar-refractivity contribution in [2.45, 2.75) is 51.1 Å². The Morgan fingerprint density at radius 2 is 2.25 bits per heavy atom. The Balaban J connectivity index is 1.74. The Bertz CT molecular complexity index is 571. The zero-order valence-corrected chi connectivity index (χ0v) is 12.1. The third-order valence-electron chi connectivity index (χ3n) is 4.15. The molecule has 1 aromatic heterocycles. The zero-order valence-electron chi connectivity index (χ0n) is 12.1. The molecule has 0 aliphatic heterocycles. The molecule has 0 spiro atoms. The van der Waals surface area contributed by atoms with Crippen LogP contribution in [-0.2, 0) is 19.4 Å². The van der Waals surface area contributed by atoms with Crippen molar-refractivity contribution in [3.05, 3.63) is 53.3 Å². The summed E-state index contributed by atoms with van der Waals surface area (Å²) in [6.07, 6.45) is 8.79. The minimum Gasteiger partial charge on any atom is -0.328 e. The van der Waals surface area contributed by atoms with Crippen LogP contribution in [0.3, 0.4) is 0 Å². The smallest absolute Gasteiger partial charge is 0.0522 e. The van der Waals surface area contributed by atoms with Gasteiger partial charge in [-0.25, -0.2) is 0 Å². The Morgan fingerprint density at radius 3 is 3.10 bits per heavy atom. The maximum absolute atomic E-state index is 5.84. The summed E-state index contributed by atoms with van der Waals surface area (Å²) < 4.78 is 2.09. The molecule has 0 amide bonds. The minimum atomic E-state index is 0.197. The van der Waals surface area contributed by atoms with E-state index in [1.54, 1.807) is 0 Å². The van der Waals surface area contributed by atoms with Crippen molar-refractivity contribution < 1.29 is 0 Å². The average molecular weight is 269 g/mol. The van der Waals surface area contributed by atoms with Gasteiger partial charge in [-0.3, -0.25) is 4.68 Å². The molecule has 20 heavy (non-hydrogen) atoms. The van der Waals surface area contributed by atoms with Crippen LogP contribution >= 0.6 is 0 Å². The van der Waals surface area contributed by atoms with Crippen LogP contribution in [0.2, 0.25) is 0 Å². The van der Waals surface area contributed by atoms with E-state index in [9.17, 15) is 0 Å². The Kier molecular flexibility index (Phi) is 3.88. The lowest BCUT2D eigenvalue weighted by molar-refractivity contribution is 0.457. The van der Waals surface area contributed by atoms with E-state index < -0.39 is 0 Å². The molecule has 0 saturated carbocycles. The molecule has 3 heteroatoms. The molecule has 1 aliphatic rings. The van der Waals surface area contributed by atoms with Gasteiger partial charge in [0.05, 0.1) is 6.20 Å². The summed E-state index contributed by atoms with van der Waals surface area (Å²) in [5.41, 5.74) is 10.1. The molecular formula is C17H23N3. The van der Waals surface area contributed by atoms with Gasteiger partial charge in [-0.1, -0.05) is 24.3 Å². The van der Waals surface area contributed by atoms with Gasteiger partial charge >= 0.3 is 0 Å². The number of hydrogen-bond donors (Lipinski definition) is 1.